The molecule has 0 bridgehead atoms. The van der Waals surface area contributed by atoms with Crippen molar-refractivity contribution in [2.45, 2.75) is 52.4 Å². The third kappa shape index (κ3) is 3.40. The number of benzene rings is 4. The molecule has 2 nitrogen and oxygen atoms in total. The molecule has 0 aliphatic heterocycles. The SMILES string of the molecule is CC1(C)c2cc(Br)c(-c3ccc(-c4nc5ccccc5n4-c4ccccc4)cc3)cc2C(C)(C)C1(C)C. The summed E-state index contributed by atoms with van der Waals surface area (Å²) in [6.07, 6.45) is 0. The molecule has 1 aromatic heterocycles. The van der Waals surface area contributed by atoms with E-state index in [2.05, 4.69) is 147 Å². The maximum atomic E-state index is 5.03. The van der Waals surface area contributed by atoms with E-state index in [1.54, 1.807) is 0 Å². The molecule has 0 atom stereocenters. The Morgan fingerprint density at radius 3 is 1.89 bits per heavy atom. The Kier molecular flexibility index (Phi) is 5.34. The predicted octanol–water partition coefficient (Wildman–Crippen LogP) is 9.72. The Labute approximate surface area is 228 Å². The summed E-state index contributed by atoms with van der Waals surface area (Å²) < 4.78 is 3.40. The van der Waals surface area contributed by atoms with E-state index in [1.165, 1.54) is 22.3 Å². The first-order valence-corrected chi connectivity index (χ1v) is 13.8. The van der Waals surface area contributed by atoms with E-state index in [9.17, 15) is 0 Å². The summed E-state index contributed by atoms with van der Waals surface area (Å²) in [6, 6.07) is 32.5. The third-order valence-corrected chi connectivity index (χ3v) is 10.3. The topological polar surface area (TPSA) is 17.8 Å². The average Bonchev–Trinajstić information content (AvgIpc) is 3.32. The van der Waals surface area contributed by atoms with Crippen LogP contribution in [0.5, 0.6) is 0 Å². The van der Waals surface area contributed by atoms with Crippen molar-refractivity contribution in [1.82, 2.24) is 9.55 Å². The predicted molar refractivity (Wildman–Crippen MR) is 159 cm³/mol. The number of aromatic nitrogens is 2. The van der Waals surface area contributed by atoms with E-state index >= 15 is 0 Å². The van der Waals surface area contributed by atoms with Crippen LogP contribution in [0.15, 0.2) is 95.5 Å². The van der Waals surface area contributed by atoms with Crippen LogP contribution < -0.4 is 0 Å². The molecule has 186 valence electrons. The molecule has 3 heteroatoms. The quantitative estimate of drug-likeness (QED) is 0.219. The van der Waals surface area contributed by atoms with Gasteiger partial charge in [-0.1, -0.05) is 112 Å². The summed E-state index contributed by atoms with van der Waals surface area (Å²) in [5, 5.41) is 0. The van der Waals surface area contributed by atoms with Crippen molar-refractivity contribution in [3.63, 3.8) is 0 Å². The lowest BCUT2D eigenvalue weighted by atomic mass is 9.59. The normalized spacial score (nSPS) is 17.2. The second kappa shape index (κ2) is 8.16. The van der Waals surface area contributed by atoms with Gasteiger partial charge in [-0.25, -0.2) is 4.98 Å². The fraction of sp³-hybridized carbons (Fsp3) is 0.265. The maximum Gasteiger partial charge on any atom is 0.145 e. The molecule has 0 radical (unpaired) electrons. The van der Waals surface area contributed by atoms with Crippen molar-refractivity contribution < 1.29 is 0 Å². The molecule has 4 aromatic carbocycles. The fourth-order valence-corrected chi connectivity index (χ4v) is 6.71. The third-order valence-electron chi connectivity index (χ3n) is 9.61. The van der Waals surface area contributed by atoms with Crippen LogP contribution in [0.2, 0.25) is 0 Å². The lowest BCUT2D eigenvalue weighted by Crippen LogP contribution is -2.42. The summed E-state index contributed by atoms with van der Waals surface area (Å²) in [5.74, 6) is 0.955. The maximum absolute atomic E-state index is 5.03. The zero-order valence-electron chi connectivity index (χ0n) is 22.4. The van der Waals surface area contributed by atoms with Gasteiger partial charge in [0.15, 0.2) is 0 Å². The van der Waals surface area contributed by atoms with Crippen molar-refractivity contribution in [3.05, 3.63) is 107 Å². The van der Waals surface area contributed by atoms with E-state index < -0.39 is 0 Å². The van der Waals surface area contributed by atoms with Crippen molar-refractivity contribution in [3.8, 4) is 28.2 Å². The zero-order valence-corrected chi connectivity index (χ0v) is 24.0. The Morgan fingerprint density at radius 1 is 0.649 bits per heavy atom. The van der Waals surface area contributed by atoms with Crippen LogP contribution in [0, 0.1) is 5.41 Å². The van der Waals surface area contributed by atoms with E-state index in [0.717, 1.165) is 32.6 Å². The standard InChI is InChI=1S/C34H33BrN2/c1-32(2)26-20-25(28(35)21-27(26)33(3,4)34(32,5)6)22-16-18-23(19-17-22)31-36-29-14-10-11-15-30(29)37(31)24-12-8-7-9-13-24/h7-21H,1-6H3. The molecule has 1 heterocycles. The highest BCUT2D eigenvalue weighted by molar-refractivity contribution is 9.10. The average molecular weight is 550 g/mol. The Bertz CT molecular complexity index is 1640. The van der Waals surface area contributed by atoms with Crippen molar-refractivity contribution >= 4 is 27.0 Å². The van der Waals surface area contributed by atoms with Gasteiger partial charge in [-0.15, -0.1) is 0 Å². The second-order valence-electron chi connectivity index (χ2n) is 11.9. The van der Waals surface area contributed by atoms with Crippen molar-refractivity contribution in [2.75, 3.05) is 0 Å². The molecular weight excluding hydrogens is 516 g/mol. The highest BCUT2D eigenvalue weighted by Crippen LogP contribution is 2.62. The minimum Gasteiger partial charge on any atom is -0.292 e. The fourth-order valence-electron chi connectivity index (χ4n) is 6.14. The smallest absolute Gasteiger partial charge is 0.145 e. The van der Waals surface area contributed by atoms with E-state index in [1.807, 2.05) is 6.07 Å². The lowest BCUT2D eigenvalue weighted by Gasteiger charge is -2.44. The van der Waals surface area contributed by atoms with E-state index in [0.29, 0.717) is 0 Å². The molecule has 5 aromatic rings. The highest BCUT2D eigenvalue weighted by atomic mass is 79.9. The monoisotopic (exact) mass is 548 g/mol. The van der Waals surface area contributed by atoms with Crippen molar-refractivity contribution in [1.29, 1.82) is 0 Å². The largest absolute Gasteiger partial charge is 0.292 e. The lowest BCUT2D eigenvalue weighted by molar-refractivity contribution is 0.125. The van der Waals surface area contributed by atoms with Gasteiger partial charge in [0.2, 0.25) is 0 Å². The molecule has 0 fully saturated rings. The summed E-state index contributed by atoms with van der Waals surface area (Å²) in [6.45, 7) is 14.4. The number of para-hydroxylation sites is 3. The summed E-state index contributed by atoms with van der Waals surface area (Å²) in [4.78, 5) is 5.03. The molecule has 0 spiro atoms. The van der Waals surface area contributed by atoms with Gasteiger partial charge in [0.25, 0.3) is 0 Å². The molecule has 1 aliphatic rings. The summed E-state index contributed by atoms with van der Waals surface area (Å²) in [7, 11) is 0. The summed E-state index contributed by atoms with van der Waals surface area (Å²) >= 11 is 3.93. The molecular formula is C34H33BrN2. The molecule has 0 unspecified atom stereocenters. The number of fused-ring (bicyclic) bond motifs is 2. The van der Waals surface area contributed by atoms with Crippen LogP contribution in [-0.4, -0.2) is 9.55 Å². The van der Waals surface area contributed by atoms with Gasteiger partial charge in [-0.2, -0.15) is 0 Å². The summed E-state index contributed by atoms with van der Waals surface area (Å²) in [5.41, 5.74) is 9.98. The van der Waals surface area contributed by atoms with Crippen molar-refractivity contribution in [2.24, 2.45) is 5.41 Å². The molecule has 0 saturated heterocycles. The van der Waals surface area contributed by atoms with Gasteiger partial charge in [0.05, 0.1) is 11.0 Å². The first-order valence-electron chi connectivity index (χ1n) is 13.0. The molecule has 37 heavy (non-hydrogen) atoms. The van der Waals surface area contributed by atoms with Gasteiger partial charge < -0.3 is 0 Å². The van der Waals surface area contributed by atoms with Crippen LogP contribution in [0.25, 0.3) is 39.2 Å². The Balaban J connectivity index is 1.46. The molecule has 1 aliphatic carbocycles. The number of hydrogen-bond acceptors (Lipinski definition) is 1. The van der Waals surface area contributed by atoms with Gasteiger partial charge in [0, 0.05) is 15.7 Å². The van der Waals surface area contributed by atoms with Crippen LogP contribution in [0.1, 0.15) is 52.7 Å². The number of rotatable bonds is 3. The van der Waals surface area contributed by atoms with Crippen LogP contribution in [0.3, 0.4) is 0 Å². The number of hydrogen-bond donors (Lipinski definition) is 0. The first kappa shape index (κ1) is 24.2. The number of imidazole rings is 1. The van der Waals surface area contributed by atoms with E-state index in [-0.39, 0.29) is 16.2 Å². The number of nitrogens with zero attached hydrogens (tertiary/aromatic N) is 2. The minimum absolute atomic E-state index is 0.0712. The van der Waals surface area contributed by atoms with Gasteiger partial charge >= 0.3 is 0 Å². The molecule has 6 rings (SSSR count). The van der Waals surface area contributed by atoms with Gasteiger partial charge in [-0.3, -0.25) is 4.57 Å². The van der Waals surface area contributed by atoms with Crippen LogP contribution in [-0.2, 0) is 10.8 Å². The molecule has 0 amide bonds. The number of halogens is 1. The van der Waals surface area contributed by atoms with Crippen LogP contribution in [0.4, 0.5) is 0 Å². The highest BCUT2D eigenvalue weighted by Gasteiger charge is 2.56. The molecule has 0 N–H and O–H groups in total. The van der Waals surface area contributed by atoms with E-state index in [4.69, 9.17) is 4.98 Å². The van der Waals surface area contributed by atoms with Crippen LogP contribution >= 0.6 is 15.9 Å². The first-order chi connectivity index (χ1) is 17.5. The minimum atomic E-state index is 0.0712. The molecule has 0 saturated carbocycles. The van der Waals surface area contributed by atoms with Gasteiger partial charge in [-0.05, 0) is 74.9 Å². The Hall–Kier alpha value is -3.17. The Morgan fingerprint density at radius 2 is 1.22 bits per heavy atom. The van der Waals surface area contributed by atoms with Gasteiger partial charge in [0.1, 0.15) is 5.82 Å². The zero-order chi connectivity index (χ0) is 26.2. The second-order valence-corrected chi connectivity index (χ2v) is 12.8.